The number of benzene rings is 2. The molecule has 2 bridgehead atoms. The zero-order valence-electron chi connectivity index (χ0n) is 16.5. The normalized spacial score (nSPS) is 25.6. The molecule has 0 N–H and O–H groups in total. The number of carbonyl (C=O) groups excluding carboxylic acids is 1. The van der Waals surface area contributed by atoms with Crippen LogP contribution in [0.4, 0.5) is 0 Å². The summed E-state index contributed by atoms with van der Waals surface area (Å²) in [6, 6.07) is 23.2. The molecule has 1 saturated heterocycles. The summed E-state index contributed by atoms with van der Waals surface area (Å²) in [5.41, 5.74) is 3.88. The van der Waals surface area contributed by atoms with E-state index in [2.05, 4.69) is 53.4 Å². The highest BCUT2D eigenvalue weighted by atomic mass is 16.5. The minimum atomic E-state index is -0.248. The van der Waals surface area contributed by atoms with Crippen molar-refractivity contribution < 1.29 is 13.9 Å². The van der Waals surface area contributed by atoms with Gasteiger partial charge in [0.2, 0.25) is 0 Å². The largest absolute Gasteiger partial charge is 0.469 e. The van der Waals surface area contributed by atoms with Gasteiger partial charge in [0.05, 0.1) is 24.7 Å². The molecule has 3 heterocycles. The zero-order valence-corrected chi connectivity index (χ0v) is 16.5. The summed E-state index contributed by atoms with van der Waals surface area (Å²) in [5.74, 6) is 0.446. The van der Waals surface area contributed by atoms with Crippen molar-refractivity contribution in [2.75, 3.05) is 6.61 Å². The quantitative estimate of drug-likeness (QED) is 0.594. The molecule has 0 spiro atoms. The number of furan rings is 1. The number of esters is 1. The number of nitrogens with zero attached hydrogens (tertiary/aromatic N) is 1. The smallest absolute Gasteiger partial charge is 0.311 e. The minimum Gasteiger partial charge on any atom is -0.469 e. The summed E-state index contributed by atoms with van der Waals surface area (Å²) in [5, 5.41) is 0. The van der Waals surface area contributed by atoms with E-state index in [0.29, 0.717) is 6.61 Å². The number of rotatable bonds is 5. The first-order valence-corrected chi connectivity index (χ1v) is 10.4. The van der Waals surface area contributed by atoms with Gasteiger partial charge in [-0.15, -0.1) is 0 Å². The second-order valence-electron chi connectivity index (χ2n) is 7.89. The molecule has 4 heteroatoms. The van der Waals surface area contributed by atoms with Crippen molar-refractivity contribution in [1.29, 1.82) is 0 Å². The van der Waals surface area contributed by atoms with Crippen LogP contribution in [0.3, 0.4) is 0 Å². The third-order valence-corrected chi connectivity index (χ3v) is 6.37. The van der Waals surface area contributed by atoms with Crippen molar-refractivity contribution in [2.24, 2.45) is 5.92 Å². The Bertz CT molecular complexity index is 982. The second-order valence-corrected chi connectivity index (χ2v) is 7.89. The Labute approximate surface area is 171 Å². The maximum Gasteiger partial charge on any atom is 0.311 e. The molecule has 3 aromatic rings. The Balaban J connectivity index is 1.63. The topological polar surface area (TPSA) is 42.7 Å². The number of carbonyl (C=O) groups is 1. The molecule has 0 saturated carbocycles. The molecule has 4 unspecified atom stereocenters. The van der Waals surface area contributed by atoms with Crippen LogP contribution in [0.25, 0.3) is 0 Å². The van der Waals surface area contributed by atoms with Gasteiger partial charge < -0.3 is 9.15 Å². The molecule has 0 radical (unpaired) electrons. The Kier molecular flexibility index (Phi) is 4.72. The molecular weight excluding hydrogens is 362 g/mol. The molecule has 29 heavy (non-hydrogen) atoms. The molecule has 1 fully saturated rings. The van der Waals surface area contributed by atoms with Gasteiger partial charge in [-0.3, -0.25) is 9.69 Å². The van der Waals surface area contributed by atoms with Gasteiger partial charge in [-0.25, -0.2) is 0 Å². The first-order valence-electron chi connectivity index (χ1n) is 10.4. The van der Waals surface area contributed by atoms with Crippen molar-refractivity contribution >= 4 is 5.97 Å². The number of hydrogen-bond acceptors (Lipinski definition) is 4. The van der Waals surface area contributed by atoms with Gasteiger partial charge in [-0.2, -0.15) is 0 Å². The second kappa shape index (κ2) is 7.53. The monoisotopic (exact) mass is 387 g/mol. The van der Waals surface area contributed by atoms with E-state index in [-0.39, 0.29) is 29.9 Å². The summed E-state index contributed by atoms with van der Waals surface area (Å²) in [4.78, 5) is 15.6. The van der Waals surface area contributed by atoms with E-state index in [9.17, 15) is 4.79 Å². The Morgan fingerprint density at radius 2 is 1.86 bits per heavy atom. The highest BCUT2D eigenvalue weighted by Crippen LogP contribution is 2.55. The van der Waals surface area contributed by atoms with Crippen LogP contribution in [0, 0.1) is 5.92 Å². The first-order chi connectivity index (χ1) is 14.3. The van der Waals surface area contributed by atoms with Crippen LogP contribution in [0.1, 0.15) is 41.3 Å². The van der Waals surface area contributed by atoms with Crippen LogP contribution in [0.15, 0.2) is 77.4 Å². The molecular formula is C25H25NO3. The Hall–Kier alpha value is -2.85. The van der Waals surface area contributed by atoms with Crippen molar-refractivity contribution in [2.45, 2.75) is 37.9 Å². The standard InChI is InChI=1S/C25H25NO3/c1-2-28-25(27)22-20-15-18-11-6-7-12-19(18)24(23(22)21-13-8-14-29-21)26(20)16-17-9-4-3-5-10-17/h3-14,20,22-24H,2,15-16H2,1H3. The zero-order chi connectivity index (χ0) is 19.8. The lowest BCUT2D eigenvalue weighted by Gasteiger charge is -2.37. The Morgan fingerprint density at radius 3 is 2.62 bits per heavy atom. The maximum atomic E-state index is 13.2. The summed E-state index contributed by atoms with van der Waals surface area (Å²) < 4.78 is 11.4. The highest BCUT2D eigenvalue weighted by Gasteiger charge is 2.57. The minimum absolute atomic E-state index is 0.0542. The molecule has 2 aromatic carbocycles. The summed E-state index contributed by atoms with van der Waals surface area (Å²) in [7, 11) is 0. The molecule has 2 aliphatic rings. The fourth-order valence-corrected chi connectivity index (χ4v) is 5.27. The molecule has 4 atom stereocenters. The average molecular weight is 387 g/mol. The first kappa shape index (κ1) is 18.2. The number of fused-ring (bicyclic) bond motifs is 4. The summed E-state index contributed by atoms with van der Waals surface area (Å²) in [6.45, 7) is 3.07. The van der Waals surface area contributed by atoms with Crippen LogP contribution < -0.4 is 0 Å². The Morgan fingerprint density at radius 1 is 1.07 bits per heavy atom. The fraction of sp³-hybridized carbons (Fsp3) is 0.320. The molecule has 2 aliphatic heterocycles. The average Bonchev–Trinajstić information content (AvgIpc) is 3.33. The molecule has 0 aliphatic carbocycles. The van der Waals surface area contributed by atoms with Crippen molar-refractivity contribution in [1.82, 2.24) is 4.90 Å². The van der Waals surface area contributed by atoms with Gasteiger partial charge in [-0.05, 0) is 42.2 Å². The van der Waals surface area contributed by atoms with E-state index in [0.717, 1.165) is 18.7 Å². The maximum absolute atomic E-state index is 13.2. The lowest BCUT2D eigenvalue weighted by atomic mass is 9.84. The van der Waals surface area contributed by atoms with E-state index in [4.69, 9.17) is 9.15 Å². The van der Waals surface area contributed by atoms with Crippen LogP contribution >= 0.6 is 0 Å². The lowest BCUT2D eigenvalue weighted by molar-refractivity contribution is -0.149. The molecule has 4 nitrogen and oxygen atoms in total. The third kappa shape index (κ3) is 3.08. The van der Waals surface area contributed by atoms with Crippen LogP contribution in [-0.2, 0) is 22.5 Å². The van der Waals surface area contributed by atoms with Gasteiger partial charge >= 0.3 is 5.97 Å². The predicted octanol–water partition coefficient (Wildman–Crippen LogP) is 4.72. The molecule has 148 valence electrons. The van der Waals surface area contributed by atoms with Gasteiger partial charge in [-0.1, -0.05) is 54.6 Å². The van der Waals surface area contributed by atoms with Gasteiger partial charge in [0.1, 0.15) is 5.76 Å². The van der Waals surface area contributed by atoms with Crippen molar-refractivity contribution in [3.63, 3.8) is 0 Å². The van der Waals surface area contributed by atoms with Crippen LogP contribution in [-0.4, -0.2) is 23.5 Å². The van der Waals surface area contributed by atoms with E-state index >= 15 is 0 Å². The highest BCUT2D eigenvalue weighted by molar-refractivity contribution is 5.76. The van der Waals surface area contributed by atoms with Gasteiger partial charge in [0.25, 0.3) is 0 Å². The van der Waals surface area contributed by atoms with Crippen LogP contribution in [0.2, 0.25) is 0 Å². The molecule has 0 amide bonds. The summed E-state index contributed by atoms with van der Waals surface area (Å²) >= 11 is 0. The van der Waals surface area contributed by atoms with Crippen LogP contribution in [0.5, 0.6) is 0 Å². The van der Waals surface area contributed by atoms with E-state index in [1.165, 1.54) is 16.7 Å². The van der Waals surface area contributed by atoms with E-state index < -0.39 is 0 Å². The van der Waals surface area contributed by atoms with Crippen molar-refractivity contribution in [3.8, 4) is 0 Å². The number of hydrogen-bond donors (Lipinski definition) is 0. The molecule has 1 aromatic heterocycles. The van der Waals surface area contributed by atoms with Crippen molar-refractivity contribution in [3.05, 3.63) is 95.4 Å². The molecule has 5 rings (SSSR count). The summed E-state index contributed by atoms with van der Waals surface area (Å²) in [6.07, 6.45) is 2.55. The van der Waals surface area contributed by atoms with E-state index in [1.54, 1.807) is 6.26 Å². The van der Waals surface area contributed by atoms with Gasteiger partial charge in [0.15, 0.2) is 0 Å². The predicted molar refractivity (Wildman–Crippen MR) is 110 cm³/mol. The van der Waals surface area contributed by atoms with E-state index in [1.807, 2.05) is 25.1 Å². The lowest BCUT2D eigenvalue weighted by Crippen LogP contribution is -2.41. The fourth-order valence-electron chi connectivity index (χ4n) is 5.27. The SMILES string of the molecule is CCOC(=O)C1C(c2ccco2)C2c3ccccc3CC1N2Cc1ccccc1. The van der Waals surface area contributed by atoms with Gasteiger partial charge in [0, 0.05) is 18.6 Å². The number of ether oxygens (including phenoxy) is 1. The third-order valence-electron chi connectivity index (χ3n) is 6.37.